The fourth-order valence-electron chi connectivity index (χ4n) is 8.03. The number of aromatic nitrogens is 5. The summed E-state index contributed by atoms with van der Waals surface area (Å²) in [5.41, 5.74) is 9.87. The van der Waals surface area contributed by atoms with Crippen LogP contribution in [-0.4, -0.2) is 118 Å². The minimum Gasteiger partial charge on any atom is -0.494 e. The summed E-state index contributed by atoms with van der Waals surface area (Å²) in [5.74, 6) is 2.46. The third kappa shape index (κ3) is 11.5. The molecule has 8 rings (SSSR count). The van der Waals surface area contributed by atoms with Gasteiger partial charge < -0.3 is 35.6 Å². The van der Waals surface area contributed by atoms with Crippen molar-refractivity contribution in [1.29, 1.82) is 0 Å². The van der Waals surface area contributed by atoms with Crippen LogP contribution >= 0.6 is 34.3 Å². The number of piperidine rings is 1. The largest absolute Gasteiger partial charge is 0.494 e. The molecule has 2 aliphatic heterocycles. The maximum absolute atomic E-state index is 13.0. The Morgan fingerprint density at radius 3 is 2.48 bits per heavy atom. The van der Waals surface area contributed by atoms with Crippen LogP contribution in [0.2, 0.25) is 5.02 Å². The number of nitrogens with two attached hydrogens (primary N) is 1. The van der Waals surface area contributed by atoms with E-state index in [4.69, 9.17) is 31.8 Å². The number of nitrogens with one attached hydrogen (secondary N) is 2. The van der Waals surface area contributed by atoms with Crippen LogP contribution in [0.4, 0.5) is 22.2 Å². The van der Waals surface area contributed by atoms with E-state index >= 15 is 0 Å². The maximum Gasteiger partial charge on any atom is 0.409 e. The van der Waals surface area contributed by atoms with Crippen molar-refractivity contribution in [1.82, 2.24) is 40.0 Å². The van der Waals surface area contributed by atoms with Gasteiger partial charge in [-0.2, -0.15) is 0 Å². The van der Waals surface area contributed by atoms with E-state index in [0.717, 1.165) is 84.2 Å². The van der Waals surface area contributed by atoms with Gasteiger partial charge in [0, 0.05) is 75.8 Å². The number of nitrogens with zero attached hydrogens (tertiary/aromatic N) is 8. The van der Waals surface area contributed by atoms with E-state index in [1.54, 1.807) is 12.3 Å². The first kappa shape index (κ1) is 45.6. The number of hydrogen-bond acceptors (Lipinski definition) is 15. The number of para-hydroxylation sites is 1. The van der Waals surface area contributed by atoms with Crippen molar-refractivity contribution in [3.63, 3.8) is 0 Å². The molecule has 2 saturated heterocycles. The first-order valence-corrected chi connectivity index (χ1v) is 23.8. The highest BCUT2D eigenvalue weighted by molar-refractivity contribution is 7.20. The molecule has 340 valence electrons. The Bertz CT molecular complexity index is 2640. The number of aryl methyl sites for hydroxylation is 2. The molecule has 0 aliphatic carbocycles. The second kappa shape index (κ2) is 20.9. The molecule has 19 heteroatoms. The topological polar surface area (TPSA) is 194 Å². The Morgan fingerprint density at radius 2 is 1.69 bits per heavy atom. The lowest BCUT2D eigenvalue weighted by Crippen LogP contribution is -2.48. The van der Waals surface area contributed by atoms with Crippen LogP contribution in [0.5, 0.6) is 5.75 Å². The van der Waals surface area contributed by atoms with Crippen molar-refractivity contribution in [2.75, 3.05) is 81.5 Å². The normalized spacial score (nSPS) is 14.7. The fourth-order valence-corrected chi connectivity index (χ4v) is 10.1. The Labute approximate surface area is 390 Å². The number of hydrogen-bond donors (Lipinski definition) is 3. The third-order valence-corrected chi connectivity index (χ3v) is 13.9. The lowest BCUT2D eigenvalue weighted by atomic mass is 9.94. The van der Waals surface area contributed by atoms with Gasteiger partial charge in [0.1, 0.15) is 33.7 Å². The molecule has 4 aromatic heterocycles. The Hall–Kier alpha value is -5.95. The number of carbonyl (C=O) groups excluding carboxylic acids is 3. The molecule has 2 aliphatic rings. The second-order valence-electron chi connectivity index (χ2n) is 16.1. The highest BCUT2D eigenvalue weighted by Gasteiger charge is 2.25. The smallest absolute Gasteiger partial charge is 0.409 e. The van der Waals surface area contributed by atoms with E-state index in [1.807, 2.05) is 74.2 Å². The Kier molecular flexibility index (Phi) is 14.7. The Morgan fingerprint density at radius 1 is 0.892 bits per heavy atom. The number of anilines is 3. The van der Waals surface area contributed by atoms with Gasteiger partial charge in [-0.1, -0.05) is 35.9 Å². The quantitative estimate of drug-likeness (QED) is 0.0918. The SMILES string of the molecule is CCNC(=O)c1cc2c(-c3cccc(OCCC4CCN(C(=O)OCCN5CCN(c6cc(Cc7ncc(C(=O)Nc8c(C)cccc8Cl)s7)nc(C)n6)CC5)CC4)c3)nc(N)nc2s1. The van der Waals surface area contributed by atoms with Gasteiger partial charge in [-0.05, 0) is 75.8 Å². The molecular formula is C46H52ClN11O5S2. The predicted octanol–water partition coefficient (Wildman–Crippen LogP) is 7.49. The van der Waals surface area contributed by atoms with Gasteiger partial charge in [0.05, 0.1) is 44.8 Å². The number of benzene rings is 2. The van der Waals surface area contributed by atoms with Crippen LogP contribution in [0.1, 0.15) is 67.6 Å². The monoisotopic (exact) mass is 937 g/mol. The number of fused-ring (bicyclic) bond motifs is 1. The van der Waals surface area contributed by atoms with Gasteiger partial charge in [-0.3, -0.25) is 14.5 Å². The zero-order valence-corrected chi connectivity index (χ0v) is 39.0. The molecule has 2 fully saturated rings. The van der Waals surface area contributed by atoms with E-state index < -0.39 is 0 Å². The molecule has 6 aromatic rings. The average molecular weight is 939 g/mol. The van der Waals surface area contributed by atoms with Crippen molar-refractivity contribution in [2.45, 2.75) is 46.5 Å². The first-order chi connectivity index (χ1) is 31.5. The number of rotatable bonds is 15. The Balaban J connectivity index is 0.735. The van der Waals surface area contributed by atoms with Gasteiger partial charge in [-0.25, -0.2) is 29.7 Å². The highest BCUT2D eigenvalue weighted by Crippen LogP contribution is 2.34. The van der Waals surface area contributed by atoms with Gasteiger partial charge in [0.2, 0.25) is 5.95 Å². The molecule has 65 heavy (non-hydrogen) atoms. The highest BCUT2D eigenvalue weighted by atomic mass is 35.5. The molecule has 3 amide bonds. The van der Waals surface area contributed by atoms with E-state index in [2.05, 4.69) is 40.4 Å². The summed E-state index contributed by atoms with van der Waals surface area (Å²) in [6.45, 7) is 12.3. The number of carbonyl (C=O) groups is 3. The molecule has 0 atom stereocenters. The van der Waals surface area contributed by atoms with Crippen LogP contribution in [0.25, 0.3) is 21.5 Å². The zero-order valence-electron chi connectivity index (χ0n) is 36.6. The molecule has 4 N–H and O–H groups in total. The third-order valence-electron chi connectivity index (χ3n) is 11.5. The number of nitrogen functional groups attached to an aromatic ring is 1. The average Bonchev–Trinajstić information content (AvgIpc) is 3.96. The number of amides is 3. The summed E-state index contributed by atoms with van der Waals surface area (Å²) in [4.78, 5) is 69.3. The van der Waals surface area contributed by atoms with Crippen molar-refractivity contribution in [3.8, 4) is 17.0 Å². The molecule has 0 bridgehead atoms. The van der Waals surface area contributed by atoms with E-state index in [-0.39, 0.29) is 23.9 Å². The van der Waals surface area contributed by atoms with Crippen molar-refractivity contribution < 1.29 is 23.9 Å². The molecule has 2 aromatic carbocycles. The van der Waals surface area contributed by atoms with Crippen LogP contribution in [0.3, 0.4) is 0 Å². The van der Waals surface area contributed by atoms with Crippen molar-refractivity contribution in [2.24, 2.45) is 5.92 Å². The number of halogens is 1. The molecule has 0 unspecified atom stereocenters. The predicted molar refractivity (Wildman–Crippen MR) is 256 cm³/mol. The minimum atomic E-state index is -0.258. The number of likely N-dealkylation sites (tertiary alicyclic amines) is 1. The summed E-state index contributed by atoms with van der Waals surface area (Å²) in [7, 11) is 0. The molecule has 16 nitrogen and oxygen atoms in total. The summed E-state index contributed by atoms with van der Waals surface area (Å²) in [5, 5.41) is 7.79. The molecular weight excluding hydrogens is 886 g/mol. The van der Waals surface area contributed by atoms with Crippen LogP contribution in [0.15, 0.2) is 60.8 Å². The minimum absolute atomic E-state index is 0.148. The van der Waals surface area contributed by atoms with Gasteiger partial charge in [0.15, 0.2) is 0 Å². The first-order valence-electron chi connectivity index (χ1n) is 21.8. The summed E-state index contributed by atoms with van der Waals surface area (Å²) >= 11 is 8.94. The summed E-state index contributed by atoms with van der Waals surface area (Å²) in [6, 6.07) is 17.0. The number of ether oxygens (including phenoxy) is 2. The van der Waals surface area contributed by atoms with Gasteiger partial charge in [-0.15, -0.1) is 22.7 Å². The maximum atomic E-state index is 13.0. The molecule has 0 radical (unpaired) electrons. The number of piperazine rings is 1. The van der Waals surface area contributed by atoms with Crippen LogP contribution in [0, 0.1) is 19.8 Å². The molecule has 0 spiro atoms. The number of thiophene rings is 1. The lowest BCUT2D eigenvalue weighted by molar-refractivity contribution is 0.0753. The van der Waals surface area contributed by atoms with E-state index in [1.165, 1.54) is 22.7 Å². The van der Waals surface area contributed by atoms with Gasteiger partial charge in [0.25, 0.3) is 11.8 Å². The van der Waals surface area contributed by atoms with Crippen LogP contribution in [-0.2, 0) is 11.2 Å². The van der Waals surface area contributed by atoms with Crippen molar-refractivity contribution >= 4 is 79.9 Å². The lowest BCUT2D eigenvalue weighted by Gasteiger charge is -2.35. The molecule has 0 saturated carbocycles. The van der Waals surface area contributed by atoms with Crippen molar-refractivity contribution in [3.05, 3.63) is 97.7 Å². The van der Waals surface area contributed by atoms with E-state index in [9.17, 15) is 14.4 Å². The van der Waals surface area contributed by atoms with Crippen LogP contribution < -0.4 is 26.0 Å². The number of thiazole rings is 1. The summed E-state index contributed by atoms with van der Waals surface area (Å²) in [6.07, 6.45) is 4.47. The van der Waals surface area contributed by atoms with Gasteiger partial charge >= 0.3 is 6.09 Å². The summed E-state index contributed by atoms with van der Waals surface area (Å²) < 4.78 is 11.9. The fraction of sp³-hybridized carbons (Fsp3) is 0.391. The molecule has 6 heterocycles. The standard InChI is InChI=1S/C46H52ClN11O5S2/c1-4-49-42(59)36-26-34-41(54-45(48)55-44(34)65-36)31-8-6-9-33(23-31)62-21-13-30-11-14-58(15-12-30)46(61)63-22-20-56-16-18-57(19-17-56)38-24-32(51-29(3)52-38)25-39-50-27-37(64-39)43(60)53-40-28(2)7-5-10-35(40)47/h5-10,23-24,26-27,30H,4,11-22,25H2,1-3H3,(H,49,59)(H,53,60)(H2,48,54,55). The van der Waals surface area contributed by atoms with E-state index in [0.29, 0.717) is 88.5 Å². The second-order valence-corrected chi connectivity index (χ2v) is 18.7. The zero-order chi connectivity index (χ0) is 45.5.